The van der Waals surface area contributed by atoms with E-state index in [4.69, 9.17) is 5.11 Å². The normalized spacial score (nSPS) is 14.5. The number of carboxylic acids is 1. The Balaban J connectivity index is 2.70. The molecule has 0 aliphatic carbocycles. The second-order valence-electron chi connectivity index (χ2n) is 5.30. The van der Waals surface area contributed by atoms with Crippen LogP contribution in [0.25, 0.3) is 0 Å². The maximum atomic E-state index is 12.0. The van der Waals surface area contributed by atoms with Crippen LogP contribution < -0.4 is 10.0 Å². The number of rotatable bonds is 8. The Morgan fingerprint density at radius 1 is 1.32 bits per heavy atom. The van der Waals surface area contributed by atoms with Crippen LogP contribution in [0.3, 0.4) is 0 Å². The number of aliphatic carboxylic acids is 1. The third-order valence-electron chi connectivity index (χ3n) is 2.81. The fourth-order valence-corrected chi connectivity index (χ4v) is 3.96. The summed E-state index contributed by atoms with van der Waals surface area (Å²) in [5, 5.41) is 13.1. The summed E-state index contributed by atoms with van der Waals surface area (Å²) < 4.78 is 26.4. The Labute approximate surface area is 133 Å². The van der Waals surface area contributed by atoms with Crippen LogP contribution in [0.5, 0.6) is 0 Å². The third-order valence-corrected chi connectivity index (χ3v) is 5.75. The zero-order valence-corrected chi connectivity index (χ0v) is 14.2. The molecule has 0 saturated heterocycles. The van der Waals surface area contributed by atoms with Gasteiger partial charge in [0, 0.05) is 0 Å². The minimum absolute atomic E-state index is 0.0829. The molecule has 1 unspecified atom stereocenters. The molecule has 124 valence electrons. The predicted octanol–water partition coefficient (Wildman–Crippen LogP) is 1.03. The number of nitrogens with one attached hydrogen (secondary N) is 2. The molecule has 0 saturated carbocycles. The Morgan fingerprint density at radius 3 is 2.41 bits per heavy atom. The van der Waals surface area contributed by atoms with E-state index < -0.39 is 34.0 Å². The minimum atomic E-state index is -3.78. The van der Waals surface area contributed by atoms with Gasteiger partial charge in [0.15, 0.2) is 0 Å². The number of hydrogen-bond donors (Lipinski definition) is 3. The van der Waals surface area contributed by atoms with Crippen molar-refractivity contribution < 1.29 is 23.1 Å². The van der Waals surface area contributed by atoms with Gasteiger partial charge in [0.25, 0.3) is 10.0 Å². The van der Waals surface area contributed by atoms with Crippen LogP contribution in [0.4, 0.5) is 0 Å². The lowest BCUT2D eigenvalue weighted by atomic mass is 10.0. The fraction of sp³-hybridized carbons (Fsp3) is 0.538. The number of carbonyl (C=O) groups excluding carboxylic acids is 1. The SMILES string of the molecule is CC(C)C[C@H](NC(=O)C(C)NS(=O)(=O)c1cccs1)C(=O)O. The Hall–Kier alpha value is -1.45. The van der Waals surface area contributed by atoms with Crippen molar-refractivity contribution in [1.29, 1.82) is 0 Å². The molecule has 7 nitrogen and oxygen atoms in total. The molecule has 0 spiro atoms. The van der Waals surface area contributed by atoms with E-state index in [1.807, 2.05) is 13.8 Å². The number of sulfonamides is 1. The first-order valence-corrected chi connectivity index (χ1v) is 9.08. The molecule has 0 bridgehead atoms. The molecule has 2 atom stereocenters. The number of carboxylic acid groups (broad SMARTS) is 1. The largest absolute Gasteiger partial charge is 0.480 e. The van der Waals surface area contributed by atoms with E-state index in [-0.39, 0.29) is 16.5 Å². The average molecular weight is 348 g/mol. The zero-order chi connectivity index (χ0) is 16.9. The average Bonchev–Trinajstić information content (AvgIpc) is 2.91. The summed E-state index contributed by atoms with van der Waals surface area (Å²) >= 11 is 1.03. The molecule has 0 aliphatic heterocycles. The minimum Gasteiger partial charge on any atom is -0.480 e. The maximum absolute atomic E-state index is 12.0. The summed E-state index contributed by atoms with van der Waals surface area (Å²) in [6.45, 7) is 5.05. The van der Waals surface area contributed by atoms with Crippen LogP contribution in [0.2, 0.25) is 0 Å². The van der Waals surface area contributed by atoms with Gasteiger partial charge in [-0.15, -0.1) is 11.3 Å². The predicted molar refractivity (Wildman–Crippen MR) is 83.1 cm³/mol. The molecule has 22 heavy (non-hydrogen) atoms. The molecule has 3 N–H and O–H groups in total. The maximum Gasteiger partial charge on any atom is 0.326 e. The van der Waals surface area contributed by atoms with E-state index in [0.717, 1.165) is 11.3 Å². The van der Waals surface area contributed by atoms with Crippen LogP contribution in [0.15, 0.2) is 21.7 Å². The van der Waals surface area contributed by atoms with Gasteiger partial charge in [-0.05, 0) is 30.7 Å². The molecule has 0 aliphatic rings. The van der Waals surface area contributed by atoms with E-state index >= 15 is 0 Å². The Kier molecular flexibility index (Phi) is 6.51. The second kappa shape index (κ2) is 7.70. The van der Waals surface area contributed by atoms with Crippen LogP contribution in [0.1, 0.15) is 27.2 Å². The molecule has 1 amide bonds. The first-order valence-electron chi connectivity index (χ1n) is 6.72. The van der Waals surface area contributed by atoms with Crippen molar-refractivity contribution in [3.8, 4) is 0 Å². The quantitative estimate of drug-likeness (QED) is 0.649. The molecule has 1 aromatic heterocycles. The van der Waals surface area contributed by atoms with E-state index in [2.05, 4.69) is 10.0 Å². The van der Waals surface area contributed by atoms with Crippen molar-refractivity contribution in [3.05, 3.63) is 17.5 Å². The van der Waals surface area contributed by atoms with Crippen molar-refractivity contribution in [2.75, 3.05) is 0 Å². The van der Waals surface area contributed by atoms with Gasteiger partial charge in [-0.2, -0.15) is 4.72 Å². The third kappa shape index (κ3) is 5.39. The van der Waals surface area contributed by atoms with Gasteiger partial charge in [-0.25, -0.2) is 13.2 Å². The molecule has 1 heterocycles. The van der Waals surface area contributed by atoms with Gasteiger partial charge in [0.1, 0.15) is 10.3 Å². The van der Waals surface area contributed by atoms with E-state index in [1.54, 1.807) is 11.4 Å². The van der Waals surface area contributed by atoms with Crippen molar-refractivity contribution in [2.24, 2.45) is 5.92 Å². The van der Waals surface area contributed by atoms with Gasteiger partial charge in [-0.3, -0.25) is 4.79 Å². The lowest BCUT2D eigenvalue weighted by Crippen LogP contribution is -2.50. The van der Waals surface area contributed by atoms with Crippen molar-refractivity contribution >= 4 is 33.2 Å². The van der Waals surface area contributed by atoms with Gasteiger partial charge in [0.2, 0.25) is 5.91 Å². The van der Waals surface area contributed by atoms with Crippen molar-refractivity contribution in [1.82, 2.24) is 10.0 Å². The standard InChI is InChI=1S/C13H20N2O5S2/c1-8(2)7-10(13(17)18)14-12(16)9(3)15-22(19,20)11-5-4-6-21-11/h4-6,8-10,15H,7H2,1-3H3,(H,14,16)(H,17,18)/t9?,10-/m0/s1. The molecule has 9 heteroatoms. The van der Waals surface area contributed by atoms with Crippen LogP contribution >= 0.6 is 11.3 Å². The first kappa shape index (κ1) is 18.6. The summed E-state index contributed by atoms with van der Waals surface area (Å²) in [6.07, 6.45) is 0.269. The number of hydrogen-bond acceptors (Lipinski definition) is 5. The number of thiophene rings is 1. The highest BCUT2D eigenvalue weighted by molar-refractivity contribution is 7.91. The summed E-state index contributed by atoms with van der Waals surface area (Å²) in [6, 6.07) is 0.908. The Bertz CT molecular complexity index is 610. The molecule has 0 fully saturated rings. The molecular formula is C13H20N2O5S2. The summed E-state index contributed by atoms with van der Waals surface area (Å²) in [4.78, 5) is 23.1. The van der Waals surface area contributed by atoms with Gasteiger partial charge < -0.3 is 10.4 Å². The number of carbonyl (C=O) groups is 2. The second-order valence-corrected chi connectivity index (χ2v) is 8.19. The van der Waals surface area contributed by atoms with Crippen LogP contribution in [-0.4, -0.2) is 37.5 Å². The molecule has 1 aromatic rings. The fourth-order valence-electron chi connectivity index (χ4n) is 1.75. The summed E-state index contributed by atoms with van der Waals surface area (Å²) in [5.74, 6) is -1.73. The van der Waals surface area contributed by atoms with E-state index in [1.165, 1.54) is 13.0 Å². The zero-order valence-electron chi connectivity index (χ0n) is 12.6. The first-order chi connectivity index (χ1) is 10.1. The number of amides is 1. The van der Waals surface area contributed by atoms with Gasteiger partial charge >= 0.3 is 5.97 Å². The van der Waals surface area contributed by atoms with Crippen LogP contribution in [0, 0.1) is 5.92 Å². The van der Waals surface area contributed by atoms with Crippen molar-refractivity contribution in [3.63, 3.8) is 0 Å². The molecular weight excluding hydrogens is 328 g/mol. The van der Waals surface area contributed by atoms with Crippen molar-refractivity contribution in [2.45, 2.75) is 43.5 Å². The molecule has 1 rings (SSSR count). The molecule has 0 aromatic carbocycles. The smallest absolute Gasteiger partial charge is 0.326 e. The molecule has 0 radical (unpaired) electrons. The summed E-state index contributed by atoms with van der Waals surface area (Å²) in [5.41, 5.74) is 0. The topological polar surface area (TPSA) is 113 Å². The summed E-state index contributed by atoms with van der Waals surface area (Å²) in [7, 11) is -3.78. The van der Waals surface area contributed by atoms with Crippen LogP contribution in [-0.2, 0) is 19.6 Å². The lowest BCUT2D eigenvalue weighted by molar-refractivity contribution is -0.142. The highest BCUT2D eigenvalue weighted by atomic mass is 32.2. The van der Waals surface area contributed by atoms with E-state index in [9.17, 15) is 18.0 Å². The van der Waals surface area contributed by atoms with Gasteiger partial charge in [0.05, 0.1) is 6.04 Å². The van der Waals surface area contributed by atoms with E-state index in [0.29, 0.717) is 0 Å². The Morgan fingerprint density at radius 2 is 1.95 bits per heavy atom. The highest BCUT2D eigenvalue weighted by Crippen LogP contribution is 2.15. The highest BCUT2D eigenvalue weighted by Gasteiger charge is 2.27. The van der Waals surface area contributed by atoms with Gasteiger partial charge in [-0.1, -0.05) is 19.9 Å². The lowest BCUT2D eigenvalue weighted by Gasteiger charge is -2.19. The monoisotopic (exact) mass is 348 g/mol.